The standard InChI is InChI=1S/C15H19N3O/c1-3-13-5-4-6-14(10-13)17-15(19)9-12(2)18-8-7-16-11-18/h4-8,10-12H,3,9H2,1-2H3,(H,17,19)/t12-/m1/s1. The predicted molar refractivity (Wildman–Crippen MR) is 76.0 cm³/mol. The van der Waals surface area contributed by atoms with Gasteiger partial charge in [-0.2, -0.15) is 0 Å². The summed E-state index contributed by atoms with van der Waals surface area (Å²) >= 11 is 0. The quantitative estimate of drug-likeness (QED) is 0.895. The summed E-state index contributed by atoms with van der Waals surface area (Å²) in [4.78, 5) is 16.0. The summed E-state index contributed by atoms with van der Waals surface area (Å²) in [7, 11) is 0. The van der Waals surface area contributed by atoms with Gasteiger partial charge in [0.1, 0.15) is 0 Å². The van der Waals surface area contributed by atoms with Gasteiger partial charge < -0.3 is 9.88 Å². The third-order valence-electron chi connectivity index (χ3n) is 3.13. The van der Waals surface area contributed by atoms with Crippen LogP contribution in [0.15, 0.2) is 43.0 Å². The number of hydrogen-bond acceptors (Lipinski definition) is 2. The molecule has 1 atom stereocenters. The molecule has 4 heteroatoms. The van der Waals surface area contributed by atoms with E-state index in [0.29, 0.717) is 6.42 Å². The van der Waals surface area contributed by atoms with Gasteiger partial charge >= 0.3 is 0 Å². The Morgan fingerprint density at radius 1 is 1.47 bits per heavy atom. The number of hydrogen-bond donors (Lipinski definition) is 1. The minimum atomic E-state index is 0.0226. The van der Waals surface area contributed by atoms with Crippen LogP contribution < -0.4 is 5.32 Å². The molecule has 1 aromatic heterocycles. The number of benzene rings is 1. The van der Waals surface area contributed by atoms with Gasteiger partial charge in [0.05, 0.1) is 6.33 Å². The summed E-state index contributed by atoms with van der Waals surface area (Å²) in [5.41, 5.74) is 2.09. The molecule has 1 heterocycles. The van der Waals surface area contributed by atoms with Gasteiger partial charge in [-0.3, -0.25) is 4.79 Å². The summed E-state index contributed by atoms with van der Waals surface area (Å²) < 4.78 is 1.93. The number of amides is 1. The van der Waals surface area contributed by atoms with E-state index in [0.717, 1.165) is 12.1 Å². The molecule has 1 amide bonds. The molecule has 1 aromatic carbocycles. The monoisotopic (exact) mass is 257 g/mol. The number of nitrogens with zero attached hydrogens (tertiary/aromatic N) is 2. The summed E-state index contributed by atoms with van der Waals surface area (Å²) in [5, 5.41) is 2.94. The van der Waals surface area contributed by atoms with Crippen molar-refractivity contribution >= 4 is 11.6 Å². The normalized spacial score (nSPS) is 12.1. The fourth-order valence-corrected chi connectivity index (χ4v) is 1.98. The maximum atomic E-state index is 12.0. The molecule has 0 saturated heterocycles. The Morgan fingerprint density at radius 3 is 3.00 bits per heavy atom. The summed E-state index contributed by atoms with van der Waals surface area (Å²) in [6.45, 7) is 4.10. The van der Waals surface area contributed by atoms with Crippen molar-refractivity contribution in [3.05, 3.63) is 48.5 Å². The van der Waals surface area contributed by atoms with Gasteiger partial charge in [-0.15, -0.1) is 0 Å². The van der Waals surface area contributed by atoms with E-state index < -0.39 is 0 Å². The first kappa shape index (κ1) is 13.3. The van der Waals surface area contributed by atoms with Gasteiger partial charge in [0.25, 0.3) is 0 Å². The fourth-order valence-electron chi connectivity index (χ4n) is 1.98. The number of aromatic nitrogens is 2. The van der Waals surface area contributed by atoms with Gasteiger partial charge in [-0.1, -0.05) is 19.1 Å². The van der Waals surface area contributed by atoms with Crippen LogP contribution in [0.5, 0.6) is 0 Å². The molecule has 0 radical (unpaired) electrons. The molecular weight excluding hydrogens is 238 g/mol. The SMILES string of the molecule is CCc1cccc(NC(=O)C[C@@H](C)n2ccnc2)c1. The van der Waals surface area contributed by atoms with Gasteiger partial charge in [0.2, 0.25) is 5.91 Å². The molecule has 2 rings (SSSR count). The molecule has 1 N–H and O–H groups in total. The lowest BCUT2D eigenvalue weighted by Crippen LogP contribution is -2.17. The molecular formula is C15H19N3O. The van der Waals surface area contributed by atoms with Crippen molar-refractivity contribution in [3.8, 4) is 0 Å². The second-order valence-corrected chi connectivity index (χ2v) is 4.67. The average Bonchev–Trinajstić information content (AvgIpc) is 2.92. The fraction of sp³-hybridized carbons (Fsp3) is 0.333. The number of carbonyl (C=O) groups is 1. The van der Waals surface area contributed by atoms with Gasteiger partial charge in [0.15, 0.2) is 0 Å². The van der Waals surface area contributed by atoms with Gasteiger partial charge in [-0.25, -0.2) is 4.98 Å². The Balaban J connectivity index is 1.93. The number of carbonyl (C=O) groups excluding carboxylic acids is 1. The Bertz CT molecular complexity index is 534. The third-order valence-corrected chi connectivity index (χ3v) is 3.13. The van der Waals surface area contributed by atoms with Crippen molar-refractivity contribution in [1.29, 1.82) is 0 Å². The topological polar surface area (TPSA) is 46.9 Å². The van der Waals surface area contributed by atoms with Crippen LogP contribution in [0.25, 0.3) is 0 Å². The molecule has 0 spiro atoms. The van der Waals surface area contributed by atoms with Crippen LogP contribution in [0, 0.1) is 0 Å². The zero-order valence-corrected chi connectivity index (χ0v) is 11.3. The van der Waals surface area contributed by atoms with E-state index >= 15 is 0 Å². The van der Waals surface area contributed by atoms with Crippen LogP contribution in [-0.2, 0) is 11.2 Å². The van der Waals surface area contributed by atoms with Crippen LogP contribution in [-0.4, -0.2) is 15.5 Å². The van der Waals surface area contributed by atoms with Crippen LogP contribution >= 0.6 is 0 Å². The van der Waals surface area contributed by atoms with Gasteiger partial charge in [-0.05, 0) is 31.0 Å². The summed E-state index contributed by atoms with van der Waals surface area (Å²) in [5.74, 6) is 0.0226. The van der Waals surface area contributed by atoms with E-state index in [9.17, 15) is 4.79 Å². The molecule has 0 unspecified atom stereocenters. The molecule has 0 saturated carbocycles. The molecule has 2 aromatic rings. The van der Waals surface area contributed by atoms with Crippen molar-refractivity contribution < 1.29 is 4.79 Å². The van der Waals surface area contributed by atoms with E-state index in [-0.39, 0.29) is 11.9 Å². The molecule has 0 aliphatic carbocycles. The molecule has 0 bridgehead atoms. The number of rotatable bonds is 5. The zero-order valence-electron chi connectivity index (χ0n) is 11.3. The maximum absolute atomic E-state index is 12.0. The molecule has 0 fully saturated rings. The van der Waals surface area contributed by atoms with Crippen LogP contribution in [0.3, 0.4) is 0 Å². The lowest BCUT2D eigenvalue weighted by Gasteiger charge is -2.13. The zero-order chi connectivity index (χ0) is 13.7. The van der Waals surface area contributed by atoms with Crippen molar-refractivity contribution in [2.75, 3.05) is 5.32 Å². The average molecular weight is 257 g/mol. The predicted octanol–water partition coefficient (Wildman–Crippen LogP) is 3.04. The van der Waals surface area contributed by atoms with E-state index in [4.69, 9.17) is 0 Å². The highest BCUT2D eigenvalue weighted by atomic mass is 16.1. The Hall–Kier alpha value is -2.10. The number of aryl methyl sites for hydroxylation is 1. The lowest BCUT2D eigenvalue weighted by molar-refractivity contribution is -0.116. The lowest BCUT2D eigenvalue weighted by atomic mass is 10.1. The number of anilines is 1. The van der Waals surface area contributed by atoms with Crippen LogP contribution in [0.2, 0.25) is 0 Å². The maximum Gasteiger partial charge on any atom is 0.226 e. The smallest absolute Gasteiger partial charge is 0.226 e. The first-order valence-electron chi connectivity index (χ1n) is 6.55. The summed E-state index contributed by atoms with van der Waals surface area (Å²) in [6, 6.07) is 8.06. The Morgan fingerprint density at radius 2 is 2.32 bits per heavy atom. The Labute approximate surface area is 113 Å². The largest absolute Gasteiger partial charge is 0.334 e. The van der Waals surface area contributed by atoms with Crippen LogP contribution in [0.1, 0.15) is 31.9 Å². The minimum Gasteiger partial charge on any atom is -0.334 e. The van der Waals surface area contributed by atoms with Crippen molar-refractivity contribution in [3.63, 3.8) is 0 Å². The second-order valence-electron chi connectivity index (χ2n) is 4.67. The van der Waals surface area contributed by atoms with Crippen molar-refractivity contribution in [2.24, 2.45) is 0 Å². The Kier molecular flexibility index (Phi) is 4.34. The van der Waals surface area contributed by atoms with E-state index in [1.165, 1.54) is 5.56 Å². The van der Waals surface area contributed by atoms with E-state index in [2.05, 4.69) is 23.3 Å². The number of nitrogens with one attached hydrogen (secondary N) is 1. The highest BCUT2D eigenvalue weighted by Gasteiger charge is 2.10. The molecule has 0 aliphatic rings. The molecule has 4 nitrogen and oxygen atoms in total. The third kappa shape index (κ3) is 3.68. The molecule has 100 valence electrons. The van der Waals surface area contributed by atoms with Crippen LogP contribution in [0.4, 0.5) is 5.69 Å². The minimum absolute atomic E-state index is 0.0226. The first-order chi connectivity index (χ1) is 9.19. The van der Waals surface area contributed by atoms with Gasteiger partial charge in [0, 0.05) is 30.5 Å². The first-order valence-corrected chi connectivity index (χ1v) is 6.55. The number of imidazole rings is 1. The van der Waals surface area contributed by atoms with Crippen molar-refractivity contribution in [1.82, 2.24) is 9.55 Å². The highest BCUT2D eigenvalue weighted by molar-refractivity contribution is 5.91. The van der Waals surface area contributed by atoms with E-state index in [1.807, 2.05) is 35.9 Å². The van der Waals surface area contributed by atoms with E-state index in [1.54, 1.807) is 12.5 Å². The highest BCUT2D eigenvalue weighted by Crippen LogP contribution is 2.14. The molecule has 0 aliphatic heterocycles. The summed E-state index contributed by atoms with van der Waals surface area (Å²) in [6.07, 6.45) is 6.73. The molecule has 19 heavy (non-hydrogen) atoms. The van der Waals surface area contributed by atoms with Crippen molar-refractivity contribution in [2.45, 2.75) is 32.7 Å². The second kappa shape index (κ2) is 6.18.